The fourth-order valence-electron chi connectivity index (χ4n) is 6.39. The Balaban J connectivity index is 1.38. The number of rotatable bonds is 12. The molecule has 6 heteroatoms. The van der Waals surface area contributed by atoms with Gasteiger partial charge in [0.2, 0.25) is 0 Å². The number of carboxylic acids is 1. The van der Waals surface area contributed by atoms with E-state index in [-0.39, 0.29) is 31.0 Å². The Hall–Kier alpha value is -1.63. The van der Waals surface area contributed by atoms with Gasteiger partial charge in [-0.25, -0.2) is 4.79 Å². The SMILES string of the molecule is CCCCC[C@H](CCC1[C@H](O)C[C@@H]2Cc3c(cccc3OCC(=O)O)C[C@H]12)OC1CCCCO1. The maximum absolute atomic E-state index is 11.0. The molecule has 6 atom stereocenters. The molecular weight excluding hydrogens is 432 g/mol. The van der Waals surface area contributed by atoms with Gasteiger partial charge in [0.1, 0.15) is 5.75 Å². The number of benzene rings is 1. The minimum absolute atomic E-state index is 0.0626. The predicted octanol–water partition coefficient (Wildman–Crippen LogP) is 5.13. The molecule has 1 saturated heterocycles. The fraction of sp³-hybridized carbons (Fsp3) is 0.750. The molecule has 1 aromatic carbocycles. The molecule has 34 heavy (non-hydrogen) atoms. The van der Waals surface area contributed by atoms with Gasteiger partial charge in [-0.15, -0.1) is 0 Å². The van der Waals surface area contributed by atoms with Crippen LogP contribution in [-0.4, -0.2) is 47.9 Å². The number of ether oxygens (including phenoxy) is 3. The Morgan fingerprint density at radius 2 is 2.09 bits per heavy atom. The minimum atomic E-state index is -0.961. The highest BCUT2D eigenvalue weighted by Gasteiger charge is 2.45. The molecule has 2 aliphatic carbocycles. The lowest BCUT2D eigenvalue weighted by Crippen LogP contribution is -2.31. The van der Waals surface area contributed by atoms with Crippen molar-refractivity contribution in [2.75, 3.05) is 13.2 Å². The van der Waals surface area contributed by atoms with Crippen molar-refractivity contribution in [1.82, 2.24) is 0 Å². The van der Waals surface area contributed by atoms with Crippen molar-refractivity contribution < 1.29 is 29.2 Å². The third kappa shape index (κ3) is 6.52. The largest absolute Gasteiger partial charge is 0.482 e. The molecule has 6 nitrogen and oxygen atoms in total. The molecule has 0 amide bonds. The number of carbonyl (C=O) groups is 1. The monoisotopic (exact) mass is 474 g/mol. The van der Waals surface area contributed by atoms with Crippen LogP contribution in [0.2, 0.25) is 0 Å². The first-order valence-electron chi connectivity index (χ1n) is 13.5. The average Bonchev–Trinajstić information content (AvgIpc) is 3.14. The smallest absolute Gasteiger partial charge is 0.341 e. The van der Waals surface area contributed by atoms with Gasteiger partial charge in [0.05, 0.1) is 12.2 Å². The van der Waals surface area contributed by atoms with E-state index in [0.717, 1.165) is 63.5 Å². The number of hydrogen-bond donors (Lipinski definition) is 2. The van der Waals surface area contributed by atoms with Crippen LogP contribution in [0.4, 0.5) is 0 Å². The zero-order valence-corrected chi connectivity index (χ0v) is 20.6. The first-order valence-corrected chi connectivity index (χ1v) is 13.5. The Kier molecular flexibility index (Phi) is 9.26. The molecule has 1 heterocycles. The highest BCUT2D eigenvalue weighted by molar-refractivity contribution is 5.68. The summed E-state index contributed by atoms with van der Waals surface area (Å²) in [5.74, 6) is 0.888. The van der Waals surface area contributed by atoms with Crippen LogP contribution in [0, 0.1) is 17.8 Å². The van der Waals surface area contributed by atoms with E-state index in [9.17, 15) is 9.90 Å². The number of aliphatic hydroxyl groups is 1. The second kappa shape index (κ2) is 12.4. The van der Waals surface area contributed by atoms with Crippen molar-refractivity contribution in [1.29, 1.82) is 0 Å². The molecule has 0 aromatic heterocycles. The zero-order chi connectivity index (χ0) is 23.9. The summed E-state index contributed by atoms with van der Waals surface area (Å²) in [5.41, 5.74) is 2.38. The molecular formula is C28H42O6. The van der Waals surface area contributed by atoms with Crippen molar-refractivity contribution in [3.8, 4) is 5.75 Å². The van der Waals surface area contributed by atoms with Crippen molar-refractivity contribution in [3.63, 3.8) is 0 Å². The molecule has 1 aromatic rings. The first kappa shape index (κ1) is 25.5. The molecule has 0 spiro atoms. The number of fused-ring (bicyclic) bond motifs is 2. The maximum atomic E-state index is 11.0. The lowest BCUT2D eigenvalue weighted by Gasteiger charge is -2.33. The Morgan fingerprint density at radius 3 is 2.85 bits per heavy atom. The van der Waals surface area contributed by atoms with E-state index in [1.807, 2.05) is 12.1 Å². The predicted molar refractivity (Wildman–Crippen MR) is 130 cm³/mol. The first-order chi connectivity index (χ1) is 16.5. The van der Waals surface area contributed by atoms with Crippen molar-refractivity contribution >= 4 is 5.97 Å². The van der Waals surface area contributed by atoms with Gasteiger partial charge in [0.25, 0.3) is 0 Å². The summed E-state index contributed by atoms with van der Waals surface area (Å²) in [4.78, 5) is 11.0. The van der Waals surface area contributed by atoms with E-state index in [4.69, 9.17) is 19.3 Å². The lowest BCUT2D eigenvalue weighted by atomic mass is 9.73. The van der Waals surface area contributed by atoms with E-state index in [1.165, 1.54) is 31.2 Å². The van der Waals surface area contributed by atoms with Crippen LogP contribution in [0.25, 0.3) is 0 Å². The Bertz CT molecular complexity index is 789. The number of hydrogen-bond acceptors (Lipinski definition) is 5. The number of unbranched alkanes of at least 4 members (excludes halogenated alkanes) is 2. The molecule has 2 N–H and O–H groups in total. The summed E-state index contributed by atoms with van der Waals surface area (Å²) in [6.45, 7) is 2.71. The summed E-state index contributed by atoms with van der Waals surface area (Å²) in [6.07, 6.45) is 12.4. The molecule has 0 radical (unpaired) electrons. The number of aliphatic carboxylic acids is 1. The summed E-state index contributed by atoms with van der Waals surface area (Å²) in [6, 6.07) is 5.97. The Morgan fingerprint density at radius 1 is 1.21 bits per heavy atom. The summed E-state index contributed by atoms with van der Waals surface area (Å²) < 4.78 is 17.9. The van der Waals surface area contributed by atoms with Gasteiger partial charge in [-0.2, -0.15) is 0 Å². The quantitative estimate of drug-likeness (QED) is 0.408. The second-order valence-corrected chi connectivity index (χ2v) is 10.5. The van der Waals surface area contributed by atoms with Crippen LogP contribution in [0.5, 0.6) is 5.75 Å². The highest BCUT2D eigenvalue weighted by Crippen LogP contribution is 2.48. The Labute approximate surface area is 204 Å². The van der Waals surface area contributed by atoms with Crippen LogP contribution in [0.3, 0.4) is 0 Å². The second-order valence-electron chi connectivity index (χ2n) is 10.5. The van der Waals surface area contributed by atoms with Gasteiger partial charge in [-0.1, -0.05) is 38.3 Å². The lowest BCUT2D eigenvalue weighted by molar-refractivity contribution is -0.191. The number of carboxylic acid groups (broad SMARTS) is 1. The van der Waals surface area contributed by atoms with E-state index in [0.29, 0.717) is 17.6 Å². The van der Waals surface area contributed by atoms with E-state index in [2.05, 4.69) is 13.0 Å². The van der Waals surface area contributed by atoms with Crippen LogP contribution >= 0.6 is 0 Å². The van der Waals surface area contributed by atoms with Gasteiger partial charge in [-0.05, 0) is 92.7 Å². The number of aliphatic hydroxyl groups excluding tert-OH is 1. The molecule has 0 bridgehead atoms. The van der Waals surface area contributed by atoms with Gasteiger partial charge in [-0.3, -0.25) is 0 Å². The standard InChI is InChI=1S/C28H42O6/c1-2-3-4-9-21(34-28-11-5-6-14-32-28)12-13-22-23-15-19-8-7-10-26(33-18-27(30)31)24(19)16-20(23)17-25(22)29/h7-8,10,20-23,25,28-29H,2-6,9,11-18H2,1H3,(H,30,31)/t20-,21+,22?,23-,25+,28?/m0/s1. The molecule has 190 valence electrons. The minimum Gasteiger partial charge on any atom is -0.482 e. The van der Waals surface area contributed by atoms with Crippen LogP contribution in [0.1, 0.15) is 82.3 Å². The van der Waals surface area contributed by atoms with E-state index in [1.54, 1.807) is 0 Å². The van der Waals surface area contributed by atoms with Crippen molar-refractivity contribution in [3.05, 3.63) is 29.3 Å². The van der Waals surface area contributed by atoms with Crippen LogP contribution < -0.4 is 4.74 Å². The van der Waals surface area contributed by atoms with Crippen molar-refractivity contribution in [2.45, 2.75) is 102 Å². The van der Waals surface area contributed by atoms with Gasteiger partial charge in [0, 0.05) is 6.61 Å². The highest BCUT2D eigenvalue weighted by atomic mass is 16.7. The molecule has 3 aliphatic rings. The third-order valence-corrected chi connectivity index (χ3v) is 8.13. The molecule has 1 saturated carbocycles. The topological polar surface area (TPSA) is 85.2 Å². The van der Waals surface area contributed by atoms with Crippen LogP contribution in [-0.2, 0) is 27.1 Å². The average molecular weight is 475 g/mol. The summed E-state index contributed by atoms with van der Waals surface area (Å²) in [7, 11) is 0. The molecule has 2 fully saturated rings. The van der Waals surface area contributed by atoms with Crippen molar-refractivity contribution in [2.24, 2.45) is 17.8 Å². The van der Waals surface area contributed by atoms with Crippen LogP contribution in [0.15, 0.2) is 18.2 Å². The van der Waals surface area contributed by atoms with Gasteiger partial charge in [0.15, 0.2) is 12.9 Å². The zero-order valence-electron chi connectivity index (χ0n) is 20.6. The maximum Gasteiger partial charge on any atom is 0.341 e. The van der Waals surface area contributed by atoms with E-state index >= 15 is 0 Å². The van der Waals surface area contributed by atoms with Gasteiger partial charge < -0.3 is 24.4 Å². The third-order valence-electron chi connectivity index (χ3n) is 8.13. The molecule has 1 aliphatic heterocycles. The molecule has 2 unspecified atom stereocenters. The van der Waals surface area contributed by atoms with Gasteiger partial charge >= 0.3 is 5.97 Å². The fourth-order valence-corrected chi connectivity index (χ4v) is 6.39. The normalized spacial score (nSPS) is 29.3. The van der Waals surface area contributed by atoms with E-state index < -0.39 is 5.97 Å². The summed E-state index contributed by atoms with van der Waals surface area (Å²) in [5, 5.41) is 20.0. The summed E-state index contributed by atoms with van der Waals surface area (Å²) >= 11 is 0. The molecule has 4 rings (SSSR count).